The number of carboxylic acid groups (broad SMARTS) is 1. The smallest absolute Gasteiger partial charge is 0.303 e. The van der Waals surface area contributed by atoms with Gasteiger partial charge in [0, 0.05) is 16.9 Å². The molecule has 1 aromatic rings. The lowest BCUT2D eigenvalue weighted by atomic mass is 9.95. The molecule has 0 aromatic heterocycles. The minimum atomic E-state index is -0.681. The van der Waals surface area contributed by atoms with Crippen molar-refractivity contribution in [2.75, 3.05) is 13.1 Å². The molecule has 2 rings (SSSR count). The molecule has 1 aliphatic rings. The van der Waals surface area contributed by atoms with E-state index in [1.807, 2.05) is 0 Å². The van der Waals surface area contributed by atoms with Crippen molar-refractivity contribution >= 4 is 21.9 Å². The Morgan fingerprint density at radius 3 is 2.95 bits per heavy atom. The van der Waals surface area contributed by atoms with Gasteiger partial charge in [0.2, 0.25) is 0 Å². The summed E-state index contributed by atoms with van der Waals surface area (Å²) in [6, 6.07) is 9.17. The molecule has 0 aliphatic carbocycles. The van der Waals surface area contributed by atoms with Crippen LogP contribution < -0.4 is 0 Å². The molecule has 1 atom stereocenters. The fraction of sp³-hybridized carbons (Fsp3) is 0.588. The summed E-state index contributed by atoms with van der Waals surface area (Å²) in [6.45, 7) is 2.19. The summed E-state index contributed by atoms with van der Waals surface area (Å²) in [5.41, 5.74) is 1.38. The van der Waals surface area contributed by atoms with Crippen molar-refractivity contribution in [3.63, 3.8) is 0 Å². The average molecular weight is 354 g/mol. The molecule has 116 valence electrons. The largest absolute Gasteiger partial charge is 0.481 e. The monoisotopic (exact) mass is 353 g/mol. The van der Waals surface area contributed by atoms with Crippen LogP contribution in [-0.4, -0.2) is 35.1 Å². The summed E-state index contributed by atoms with van der Waals surface area (Å²) in [4.78, 5) is 13.1. The number of nitrogens with zero attached hydrogens (tertiary/aromatic N) is 1. The van der Waals surface area contributed by atoms with Crippen molar-refractivity contribution in [1.82, 2.24) is 4.90 Å². The van der Waals surface area contributed by atoms with E-state index < -0.39 is 5.97 Å². The van der Waals surface area contributed by atoms with E-state index in [4.69, 9.17) is 5.11 Å². The molecule has 1 heterocycles. The molecule has 0 amide bonds. The second-order valence-electron chi connectivity index (χ2n) is 5.87. The first-order valence-electron chi connectivity index (χ1n) is 7.85. The maximum Gasteiger partial charge on any atom is 0.303 e. The molecule has 21 heavy (non-hydrogen) atoms. The van der Waals surface area contributed by atoms with E-state index in [2.05, 4.69) is 45.1 Å². The van der Waals surface area contributed by atoms with Crippen molar-refractivity contribution in [1.29, 1.82) is 0 Å². The normalized spacial score (nSPS) is 19.6. The Balaban J connectivity index is 1.85. The Morgan fingerprint density at radius 1 is 1.33 bits per heavy atom. The predicted octanol–water partition coefficient (Wildman–Crippen LogP) is 4.10. The van der Waals surface area contributed by atoms with Gasteiger partial charge in [-0.1, -0.05) is 34.5 Å². The number of carbonyl (C=O) groups is 1. The lowest BCUT2D eigenvalue weighted by Crippen LogP contribution is -2.41. The Morgan fingerprint density at radius 2 is 2.19 bits per heavy atom. The fourth-order valence-electron chi connectivity index (χ4n) is 3.11. The third-order valence-corrected chi connectivity index (χ3v) is 4.69. The lowest BCUT2D eigenvalue weighted by molar-refractivity contribution is -0.137. The number of hydrogen-bond acceptors (Lipinski definition) is 2. The van der Waals surface area contributed by atoms with Gasteiger partial charge in [0.05, 0.1) is 0 Å². The van der Waals surface area contributed by atoms with Gasteiger partial charge in [-0.25, -0.2) is 0 Å². The first-order chi connectivity index (χ1) is 10.1. The van der Waals surface area contributed by atoms with Crippen LogP contribution in [-0.2, 0) is 11.2 Å². The summed E-state index contributed by atoms with van der Waals surface area (Å²) >= 11 is 3.54. The molecule has 0 radical (unpaired) electrons. The highest BCUT2D eigenvalue weighted by Gasteiger charge is 2.22. The van der Waals surface area contributed by atoms with Crippen LogP contribution in [0.2, 0.25) is 0 Å². The van der Waals surface area contributed by atoms with Gasteiger partial charge in [0.1, 0.15) is 0 Å². The third-order valence-electron chi connectivity index (χ3n) is 4.20. The number of unbranched alkanes of at least 4 members (excludes halogenated alkanes) is 1. The van der Waals surface area contributed by atoms with Crippen molar-refractivity contribution in [3.8, 4) is 0 Å². The number of halogens is 1. The maximum atomic E-state index is 10.6. The molecule has 3 nitrogen and oxygen atoms in total. The highest BCUT2D eigenvalue weighted by atomic mass is 79.9. The molecular weight excluding hydrogens is 330 g/mol. The topological polar surface area (TPSA) is 40.5 Å². The third kappa shape index (κ3) is 5.79. The second-order valence-corrected chi connectivity index (χ2v) is 6.79. The van der Waals surface area contributed by atoms with Crippen LogP contribution in [0.1, 0.15) is 44.1 Å². The van der Waals surface area contributed by atoms with E-state index in [0.717, 1.165) is 36.8 Å². The van der Waals surface area contributed by atoms with E-state index in [9.17, 15) is 4.79 Å². The number of rotatable bonds is 7. The molecule has 0 saturated carbocycles. The zero-order valence-electron chi connectivity index (χ0n) is 12.4. The number of carboxylic acids is 1. The van der Waals surface area contributed by atoms with Gasteiger partial charge >= 0.3 is 5.97 Å². The molecule has 1 saturated heterocycles. The van der Waals surface area contributed by atoms with E-state index in [1.165, 1.54) is 24.8 Å². The molecule has 1 unspecified atom stereocenters. The summed E-state index contributed by atoms with van der Waals surface area (Å²) in [6.07, 6.45) is 7.00. The number of aliphatic carboxylic acids is 1. The van der Waals surface area contributed by atoms with Gasteiger partial charge in [-0.2, -0.15) is 0 Å². The van der Waals surface area contributed by atoms with E-state index in [0.29, 0.717) is 12.5 Å². The van der Waals surface area contributed by atoms with Crippen LogP contribution in [0.4, 0.5) is 0 Å². The minimum absolute atomic E-state index is 0.296. The molecule has 0 bridgehead atoms. The Labute approximate surface area is 135 Å². The summed E-state index contributed by atoms with van der Waals surface area (Å²) in [5.74, 6) is -0.681. The van der Waals surface area contributed by atoms with Crippen molar-refractivity contribution in [2.45, 2.75) is 51.0 Å². The number of benzene rings is 1. The highest BCUT2D eigenvalue weighted by molar-refractivity contribution is 9.10. The maximum absolute atomic E-state index is 10.6. The zero-order valence-corrected chi connectivity index (χ0v) is 14.0. The van der Waals surface area contributed by atoms with Gasteiger partial charge in [0.15, 0.2) is 0 Å². The van der Waals surface area contributed by atoms with Gasteiger partial charge in [-0.05, 0) is 62.9 Å². The number of hydrogen-bond donors (Lipinski definition) is 1. The van der Waals surface area contributed by atoms with Crippen LogP contribution >= 0.6 is 15.9 Å². The zero-order chi connectivity index (χ0) is 15.1. The average Bonchev–Trinajstić information content (AvgIpc) is 2.45. The highest BCUT2D eigenvalue weighted by Crippen LogP contribution is 2.22. The summed E-state index contributed by atoms with van der Waals surface area (Å²) in [5, 5.41) is 8.71. The molecular formula is C17H24BrNO2. The summed E-state index contributed by atoms with van der Waals surface area (Å²) in [7, 11) is 0. The van der Waals surface area contributed by atoms with Gasteiger partial charge in [0.25, 0.3) is 0 Å². The second kappa shape index (κ2) is 8.54. The SMILES string of the molecule is O=C(O)CCCCN1CCCCC1Cc1cccc(Br)c1. The van der Waals surface area contributed by atoms with Crippen LogP contribution in [0.15, 0.2) is 28.7 Å². The van der Waals surface area contributed by atoms with Crippen molar-refractivity contribution in [2.24, 2.45) is 0 Å². The van der Waals surface area contributed by atoms with Crippen LogP contribution in [0.25, 0.3) is 0 Å². The molecule has 1 aromatic carbocycles. The first-order valence-corrected chi connectivity index (χ1v) is 8.65. The van der Waals surface area contributed by atoms with Crippen molar-refractivity contribution in [3.05, 3.63) is 34.3 Å². The van der Waals surface area contributed by atoms with Gasteiger partial charge in [-0.15, -0.1) is 0 Å². The fourth-order valence-corrected chi connectivity index (χ4v) is 3.56. The molecule has 1 N–H and O–H groups in total. The lowest BCUT2D eigenvalue weighted by Gasteiger charge is -2.36. The standard InChI is InChI=1S/C17H24BrNO2/c18-15-7-5-6-14(12-15)13-16-8-1-3-10-19(16)11-4-2-9-17(20)21/h5-7,12,16H,1-4,8-11,13H2,(H,20,21). The quantitative estimate of drug-likeness (QED) is 0.750. The van der Waals surface area contributed by atoms with Gasteiger partial charge < -0.3 is 10.0 Å². The van der Waals surface area contributed by atoms with E-state index >= 15 is 0 Å². The Kier molecular flexibility index (Phi) is 6.71. The van der Waals surface area contributed by atoms with E-state index in [-0.39, 0.29) is 0 Å². The minimum Gasteiger partial charge on any atom is -0.481 e. The first kappa shape index (κ1) is 16.5. The molecule has 1 aliphatic heterocycles. The predicted molar refractivity (Wildman–Crippen MR) is 88.5 cm³/mol. The van der Waals surface area contributed by atoms with Crippen LogP contribution in [0, 0.1) is 0 Å². The molecule has 4 heteroatoms. The number of piperidine rings is 1. The van der Waals surface area contributed by atoms with Gasteiger partial charge in [-0.3, -0.25) is 4.79 Å². The number of likely N-dealkylation sites (tertiary alicyclic amines) is 1. The Bertz CT molecular complexity index is 464. The van der Waals surface area contributed by atoms with Crippen LogP contribution in [0.3, 0.4) is 0 Å². The molecule has 0 spiro atoms. The summed E-state index contributed by atoms with van der Waals surface area (Å²) < 4.78 is 1.14. The van der Waals surface area contributed by atoms with Crippen LogP contribution in [0.5, 0.6) is 0 Å². The van der Waals surface area contributed by atoms with Crippen molar-refractivity contribution < 1.29 is 9.90 Å². The van der Waals surface area contributed by atoms with E-state index in [1.54, 1.807) is 0 Å². The molecule has 1 fully saturated rings. The Hall–Kier alpha value is -0.870.